The van der Waals surface area contributed by atoms with Crippen molar-refractivity contribution < 1.29 is 13.7 Å². The molecule has 0 aliphatic heterocycles. The van der Waals surface area contributed by atoms with Gasteiger partial charge in [-0.15, -0.1) is 0 Å². The van der Waals surface area contributed by atoms with Crippen LogP contribution in [0, 0.1) is 0 Å². The van der Waals surface area contributed by atoms with Crippen molar-refractivity contribution in [3.63, 3.8) is 0 Å². The van der Waals surface area contributed by atoms with Crippen LogP contribution >= 0.6 is 15.9 Å². The third kappa shape index (κ3) is 2.04. The zero-order valence-electron chi connectivity index (χ0n) is 9.84. The van der Waals surface area contributed by atoms with Crippen LogP contribution in [0.25, 0.3) is 22.3 Å². The number of benzene rings is 1. The van der Waals surface area contributed by atoms with E-state index in [2.05, 4.69) is 21.1 Å². The predicted octanol–water partition coefficient (Wildman–Crippen LogP) is 3.22. The van der Waals surface area contributed by atoms with Crippen LogP contribution in [0.3, 0.4) is 0 Å². The number of ether oxygens (including phenoxy) is 1. The van der Waals surface area contributed by atoms with Gasteiger partial charge in [-0.25, -0.2) is 4.79 Å². The van der Waals surface area contributed by atoms with Gasteiger partial charge >= 0.3 is 5.63 Å². The maximum atomic E-state index is 12.0. The molecule has 5 nitrogen and oxygen atoms in total. The lowest BCUT2D eigenvalue weighted by Gasteiger charge is -2.05. The topological polar surface area (TPSA) is 65.5 Å². The zero-order chi connectivity index (χ0) is 13.4. The summed E-state index contributed by atoms with van der Waals surface area (Å²) in [5, 5.41) is 4.32. The normalized spacial score (nSPS) is 10.8. The second kappa shape index (κ2) is 4.55. The summed E-state index contributed by atoms with van der Waals surface area (Å²) in [5.41, 5.74) is 0.231. The van der Waals surface area contributed by atoms with E-state index in [1.54, 1.807) is 18.2 Å². The van der Waals surface area contributed by atoms with Crippen molar-refractivity contribution in [2.24, 2.45) is 0 Å². The van der Waals surface area contributed by atoms with Gasteiger partial charge in [0.05, 0.1) is 13.3 Å². The largest absolute Gasteiger partial charge is 0.493 e. The Labute approximate surface area is 115 Å². The van der Waals surface area contributed by atoms with Gasteiger partial charge in [0.1, 0.15) is 5.56 Å². The first kappa shape index (κ1) is 12.0. The van der Waals surface area contributed by atoms with Crippen LogP contribution in [0.2, 0.25) is 0 Å². The highest BCUT2D eigenvalue weighted by molar-refractivity contribution is 9.10. The molecule has 0 radical (unpaired) electrons. The van der Waals surface area contributed by atoms with E-state index in [9.17, 15) is 4.79 Å². The molecule has 0 N–H and O–H groups in total. The van der Waals surface area contributed by atoms with Crippen LogP contribution in [0.4, 0.5) is 0 Å². The minimum absolute atomic E-state index is 0.324. The molecular weight excluding hydrogens is 314 g/mol. The van der Waals surface area contributed by atoms with Crippen LogP contribution in [0.5, 0.6) is 5.75 Å². The van der Waals surface area contributed by atoms with E-state index in [0.29, 0.717) is 22.7 Å². The first-order valence-electron chi connectivity index (χ1n) is 5.41. The van der Waals surface area contributed by atoms with Gasteiger partial charge in [0.2, 0.25) is 0 Å². The summed E-state index contributed by atoms with van der Waals surface area (Å²) in [5.74, 6) is 0.861. The third-order valence-corrected chi connectivity index (χ3v) is 3.14. The highest BCUT2D eigenvalue weighted by Gasteiger charge is 2.14. The first-order valence-corrected chi connectivity index (χ1v) is 6.21. The highest BCUT2D eigenvalue weighted by Crippen LogP contribution is 2.31. The Balaban J connectivity index is 2.35. The van der Waals surface area contributed by atoms with Crippen LogP contribution in [-0.2, 0) is 0 Å². The fourth-order valence-corrected chi connectivity index (χ4v) is 2.30. The number of hydrogen-bond donors (Lipinski definition) is 0. The SMILES string of the molecule is COc1cc(Br)cc2cc(-c3ccno3)c(=O)oc12. The molecule has 1 aromatic carbocycles. The second-order valence-electron chi connectivity index (χ2n) is 3.85. The quantitative estimate of drug-likeness (QED) is 0.678. The summed E-state index contributed by atoms with van der Waals surface area (Å²) in [6.45, 7) is 0. The molecule has 6 heteroatoms. The second-order valence-corrected chi connectivity index (χ2v) is 4.77. The first-order chi connectivity index (χ1) is 9.19. The molecule has 19 heavy (non-hydrogen) atoms. The van der Waals surface area contributed by atoms with Crippen LogP contribution in [-0.4, -0.2) is 12.3 Å². The van der Waals surface area contributed by atoms with Crippen molar-refractivity contribution in [3.8, 4) is 17.1 Å². The Hall–Kier alpha value is -2.08. The summed E-state index contributed by atoms with van der Waals surface area (Å²) in [7, 11) is 1.52. The van der Waals surface area contributed by atoms with Gasteiger partial charge in [-0.3, -0.25) is 0 Å². The Morgan fingerprint density at radius 3 is 2.84 bits per heavy atom. The summed E-state index contributed by atoms with van der Waals surface area (Å²) in [6.07, 6.45) is 1.47. The Bertz CT molecular complexity index is 792. The predicted molar refractivity (Wildman–Crippen MR) is 72.2 cm³/mol. The van der Waals surface area contributed by atoms with Gasteiger partial charge in [-0.1, -0.05) is 21.1 Å². The fourth-order valence-electron chi connectivity index (χ4n) is 1.85. The molecule has 0 spiro atoms. The average Bonchev–Trinajstić information content (AvgIpc) is 2.91. The Kier molecular flexibility index (Phi) is 2.87. The third-order valence-electron chi connectivity index (χ3n) is 2.69. The van der Waals surface area contributed by atoms with E-state index >= 15 is 0 Å². The zero-order valence-corrected chi connectivity index (χ0v) is 11.4. The maximum absolute atomic E-state index is 12.0. The van der Waals surface area contributed by atoms with Crippen molar-refractivity contribution in [1.82, 2.24) is 5.16 Å². The van der Waals surface area contributed by atoms with E-state index in [4.69, 9.17) is 13.7 Å². The van der Waals surface area contributed by atoms with Gasteiger partial charge in [0.15, 0.2) is 17.1 Å². The molecule has 0 fully saturated rings. The number of halogens is 1. The molecule has 96 valence electrons. The van der Waals surface area contributed by atoms with Crippen molar-refractivity contribution in [1.29, 1.82) is 0 Å². The van der Waals surface area contributed by atoms with Crippen LogP contribution in [0.15, 0.2) is 48.7 Å². The van der Waals surface area contributed by atoms with E-state index in [-0.39, 0.29) is 0 Å². The van der Waals surface area contributed by atoms with Crippen LogP contribution in [0.1, 0.15) is 0 Å². The number of methoxy groups -OCH3 is 1. The molecule has 0 unspecified atom stereocenters. The van der Waals surface area contributed by atoms with E-state index < -0.39 is 5.63 Å². The van der Waals surface area contributed by atoms with Gasteiger partial charge in [-0.2, -0.15) is 0 Å². The number of hydrogen-bond acceptors (Lipinski definition) is 5. The maximum Gasteiger partial charge on any atom is 0.347 e. The molecule has 0 saturated carbocycles. The monoisotopic (exact) mass is 321 g/mol. The van der Waals surface area contributed by atoms with Crippen molar-refractivity contribution in [2.75, 3.05) is 7.11 Å². The molecule has 2 aromatic heterocycles. The van der Waals surface area contributed by atoms with Crippen molar-refractivity contribution in [2.45, 2.75) is 0 Å². The number of aromatic nitrogens is 1. The standard InChI is InChI=1S/C13H8BrNO4/c1-17-11-6-8(14)4-7-5-9(10-2-3-15-19-10)13(16)18-12(7)11/h2-6H,1H3. The number of nitrogens with zero attached hydrogens (tertiary/aromatic N) is 1. The Morgan fingerprint density at radius 1 is 1.32 bits per heavy atom. The Morgan fingerprint density at radius 2 is 2.16 bits per heavy atom. The molecule has 0 bridgehead atoms. The lowest BCUT2D eigenvalue weighted by molar-refractivity contribution is 0.405. The molecular formula is C13H8BrNO4. The van der Waals surface area contributed by atoms with E-state index in [1.165, 1.54) is 13.3 Å². The molecule has 3 aromatic rings. The molecule has 3 rings (SSSR count). The van der Waals surface area contributed by atoms with Gasteiger partial charge in [0, 0.05) is 15.9 Å². The lowest BCUT2D eigenvalue weighted by Crippen LogP contribution is -2.02. The van der Waals surface area contributed by atoms with E-state index in [1.807, 2.05) is 6.07 Å². The van der Waals surface area contributed by atoms with Crippen molar-refractivity contribution in [3.05, 3.63) is 45.4 Å². The van der Waals surface area contributed by atoms with Gasteiger partial charge < -0.3 is 13.7 Å². The minimum atomic E-state index is -0.495. The summed E-state index contributed by atoms with van der Waals surface area (Å²) < 4.78 is 16.3. The van der Waals surface area contributed by atoms with Crippen molar-refractivity contribution >= 4 is 26.9 Å². The molecule has 0 atom stereocenters. The van der Waals surface area contributed by atoms with Crippen LogP contribution < -0.4 is 10.4 Å². The lowest BCUT2D eigenvalue weighted by atomic mass is 10.1. The van der Waals surface area contributed by atoms with E-state index in [0.717, 1.165) is 9.86 Å². The number of fused-ring (bicyclic) bond motifs is 1. The van der Waals surface area contributed by atoms with Gasteiger partial charge in [-0.05, 0) is 18.2 Å². The number of rotatable bonds is 2. The highest BCUT2D eigenvalue weighted by atomic mass is 79.9. The molecule has 0 amide bonds. The molecule has 2 heterocycles. The molecule has 0 aliphatic carbocycles. The fraction of sp³-hybridized carbons (Fsp3) is 0.0769. The smallest absolute Gasteiger partial charge is 0.347 e. The average molecular weight is 322 g/mol. The molecule has 0 saturated heterocycles. The summed E-state index contributed by atoms with van der Waals surface area (Å²) >= 11 is 3.38. The molecule has 0 aliphatic rings. The summed E-state index contributed by atoms with van der Waals surface area (Å²) in [6, 6.07) is 6.86. The summed E-state index contributed by atoms with van der Waals surface area (Å²) in [4.78, 5) is 12.0. The minimum Gasteiger partial charge on any atom is -0.493 e. The van der Waals surface area contributed by atoms with Gasteiger partial charge in [0.25, 0.3) is 0 Å².